The molecule has 0 aromatic carbocycles. The zero-order valence-corrected chi connectivity index (χ0v) is 10.4. The molecule has 0 unspecified atom stereocenters. The first-order chi connectivity index (χ1) is 7.92. The lowest BCUT2D eigenvalue weighted by Crippen LogP contribution is -2.55. The number of rotatable bonds is 4. The van der Waals surface area contributed by atoms with Gasteiger partial charge in [0.1, 0.15) is 0 Å². The standard InChI is InChI=1S/C12H24N2O2/c1-2-3-12(13-4-8-15-9-5-13)14-6-10-16-11-7-14/h12H,2-11H2,1H3. The molecular formula is C12H24N2O2. The zero-order valence-electron chi connectivity index (χ0n) is 10.4. The molecule has 0 N–H and O–H groups in total. The minimum absolute atomic E-state index is 0.609. The van der Waals surface area contributed by atoms with Crippen molar-refractivity contribution in [2.75, 3.05) is 52.6 Å². The second-order valence-corrected chi connectivity index (χ2v) is 4.57. The van der Waals surface area contributed by atoms with Crippen LogP contribution in [0.15, 0.2) is 0 Å². The summed E-state index contributed by atoms with van der Waals surface area (Å²) in [5.74, 6) is 0. The average Bonchev–Trinajstić information content (AvgIpc) is 2.38. The Balaban J connectivity index is 1.91. The average molecular weight is 228 g/mol. The lowest BCUT2D eigenvalue weighted by atomic mass is 10.2. The third-order valence-corrected chi connectivity index (χ3v) is 3.48. The van der Waals surface area contributed by atoms with Gasteiger partial charge < -0.3 is 9.47 Å². The van der Waals surface area contributed by atoms with Crippen molar-refractivity contribution in [2.45, 2.75) is 25.9 Å². The van der Waals surface area contributed by atoms with Gasteiger partial charge in [0.05, 0.1) is 32.6 Å². The molecule has 0 atom stereocenters. The number of hydrogen-bond acceptors (Lipinski definition) is 4. The highest BCUT2D eigenvalue weighted by Gasteiger charge is 2.26. The van der Waals surface area contributed by atoms with Crippen molar-refractivity contribution in [1.29, 1.82) is 0 Å². The molecule has 4 nitrogen and oxygen atoms in total. The van der Waals surface area contributed by atoms with Gasteiger partial charge in [-0.3, -0.25) is 9.80 Å². The summed E-state index contributed by atoms with van der Waals surface area (Å²) in [7, 11) is 0. The molecule has 0 amide bonds. The Kier molecular flexibility index (Phi) is 5.03. The highest BCUT2D eigenvalue weighted by Crippen LogP contribution is 2.15. The predicted octanol–water partition coefficient (Wildman–Crippen LogP) is 0.777. The van der Waals surface area contributed by atoms with E-state index in [1.54, 1.807) is 0 Å². The van der Waals surface area contributed by atoms with E-state index in [1.807, 2.05) is 0 Å². The van der Waals surface area contributed by atoms with Crippen LogP contribution in [0.3, 0.4) is 0 Å². The maximum Gasteiger partial charge on any atom is 0.0625 e. The fourth-order valence-electron chi connectivity index (χ4n) is 2.61. The SMILES string of the molecule is CCCC(N1CCOCC1)N1CCOCC1. The summed E-state index contributed by atoms with van der Waals surface area (Å²) >= 11 is 0. The van der Waals surface area contributed by atoms with Gasteiger partial charge in [-0.05, 0) is 6.42 Å². The van der Waals surface area contributed by atoms with E-state index in [1.165, 1.54) is 12.8 Å². The molecule has 2 rings (SSSR count). The van der Waals surface area contributed by atoms with Gasteiger partial charge in [0.15, 0.2) is 0 Å². The van der Waals surface area contributed by atoms with Crippen LogP contribution in [0.5, 0.6) is 0 Å². The third-order valence-electron chi connectivity index (χ3n) is 3.48. The summed E-state index contributed by atoms with van der Waals surface area (Å²) in [5.41, 5.74) is 0. The van der Waals surface area contributed by atoms with Gasteiger partial charge in [-0.15, -0.1) is 0 Å². The van der Waals surface area contributed by atoms with E-state index in [9.17, 15) is 0 Å². The first-order valence-corrected chi connectivity index (χ1v) is 6.55. The summed E-state index contributed by atoms with van der Waals surface area (Å²) in [4.78, 5) is 5.16. The van der Waals surface area contributed by atoms with Crippen molar-refractivity contribution in [1.82, 2.24) is 9.80 Å². The quantitative estimate of drug-likeness (QED) is 0.710. The molecule has 2 fully saturated rings. The lowest BCUT2D eigenvalue weighted by molar-refractivity contribution is -0.0685. The van der Waals surface area contributed by atoms with Gasteiger partial charge in [0.25, 0.3) is 0 Å². The highest BCUT2D eigenvalue weighted by atomic mass is 16.5. The van der Waals surface area contributed by atoms with Gasteiger partial charge in [-0.1, -0.05) is 13.3 Å². The van der Waals surface area contributed by atoms with E-state index in [-0.39, 0.29) is 0 Å². The summed E-state index contributed by atoms with van der Waals surface area (Å²) < 4.78 is 10.9. The Hall–Kier alpha value is -0.160. The molecule has 0 aliphatic carbocycles. The number of ether oxygens (including phenoxy) is 2. The molecule has 0 saturated carbocycles. The van der Waals surface area contributed by atoms with E-state index in [0.717, 1.165) is 52.6 Å². The van der Waals surface area contributed by atoms with E-state index in [4.69, 9.17) is 9.47 Å². The summed E-state index contributed by atoms with van der Waals surface area (Å²) in [6.07, 6.45) is 3.12. The van der Waals surface area contributed by atoms with E-state index >= 15 is 0 Å². The molecule has 2 saturated heterocycles. The van der Waals surface area contributed by atoms with Gasteiger partial charge in [0.2, 0.25) is 0 Å². The van der Waals surface area contributed by atoms with Crippen LogP contribution < -0.4 is 0 Å². The Labute approximate surface area is 98.5 Å². The van der Waals surface area contributed by atoms with E-state index in [0.29, 0.717) is 6.17 Å². The monoisotopic (exact) mass is 228 g/mol. The Morgan fingerprint density at radius 2 is 1.31 bits per heavy atom. The second-order valence-electron chi connectivity index (χ2n) is 4.57. The number of nitrogens with zero attached hydrogens (tertiary/aromatic N) is 2. The molecule has 0 aromatic rings. The second kappa shape index (κ2) is 6.55. The summed E-state index contributed by atoms with van der Waals surface area (Å²) in [6.45, 7) is 10.2. The molecule has 4 heteroatoms. The Bertz CT molecular complexity index is 171. The highest BCUT2D eigenvalue weighted by molar-refractivity contribution is 4.76. The van der Waals surface area contributed by atoms with Gasteiger partial charge in [-0.25, -0.2) is 0 Å². The van der Waals surface area contributed by atoms with Crippen molar-refractivity contribution in [3.63, 3.8) is 0 Å². The molecule has 0 spiro atoms. The van der Waals surface area contributed by atoms with Crippen LogP contribution in [0, 0.1) is 0 Å². The summed E-state index contributed by atoms with van der Waals surface area (Å²) in [5, 5.41) is 0. The minimum Gasteiger partial charge on any atom is -0.379 e. The Morgan fingerprint density at radius 1 is 0.875 bits per heavy atom. The summed E-state index contributed by atoms with van der Waals surface area (Å²) in [6, 6.07) is 0. The van der Waals surface area contributed by atoms with Crippen molar-refractivity contribution in [3.8, 4) is 0 Å². The first-order valence-electron chi connectivity index (χ1n) is 6.55. The minimum atomic E-state index is 0.609. The molecule has 0 bridgehead atoms. The van der Waals surface area contributed by atoms with Gasteiger partial charge in [-0.2, -0.15) is 0 Å². The topological polar surface area (TPSA) is 24.9 Å². The fraction of sp³-hybridized carbons (Fsp3) is 1.00. The number of hydrogen-bond donors (Lipinski definition) is 0. The molecule has 2 heterocycles. The van der Waals surface area contributed by atoms with Crippen LogP contribution in [-0.4, -0.2) is 68.6 Å². The van der Waals surface area contributed by atoms with Crippen LogP contribution >= 0.6 is 0 Å². The molecule has 16 heavy (non-hydrogen) atoms. The molecule has 94 valence electrons. The zero-order chi connectivity index (χ0) is 11.2. The van der Waals surface area contributed by atoms with Crippen molar-refractivity contribution >= 4 is 0 Å². The van der Waals surface area contributed by atoms with Gasteiger partial charge >= 0.3 is 0 Å². The van der Waals surface area contributed by atoms with Crippen LogP contribution in [0.2, 0.25) is 0 Å². The predicted molar refractivity (Wildman–Crippen MR) is 63.5 cm³/mol. The fourth-order valence-corrected chi connectivity index (χ4v) is 2.61. The van der Waals surface area contributed by atoms with Crippen LogP contribution in [-0.2, 0) is 9.47 Å². The van der Waals surface area contributed by atoms with Crippen molar-refractivity contribution in [2.24, 2.45) is 0 Å². The van der Waals surface area contributed by atoms with E-state index < -0.39 is 0 Å². The maximum atomic E-state index is 5.43. The third kappa shape index (κ3) is 3.17. The number of morpholine rings is 2. The van der Waals surface area contributed by atoms with Crippen molar-refractivity contribution < 1.29 is 9.47 Å². The molecule has 2 aliphatic rings. The molecule has 0 aromatic heterocycles. The van der Waals surface area contributed by atoms with E-state index in [2.05, 4.69) is 16.7 Å². The largest absolute Gasteiger partial charge is 0.379 e. The van der Waals surface area contributed by atoms with Crippen LogP contribution in [0.1, 0.15) is 19.8 Å². The molecule has 2 aliphatic heterocycles. The normalized spacial score (nSPS) is 25.1. The smallest absolute Gasteiger partial charge is 0.0625 e. The van der Waals surface area contributed by atoms with Gasteiger partial charge in [0, 0.05) is 26.2 Å². The maximum absolute atomic E-state index is 5.43. The Morgan fingerprint density at radius 3 is 1.69 bits per heavy atom. The van der Waals surface area contributed by atoms with Crippen LogP contribution in [0.4, 0.5) is 0 Å². The van der Waals surface area contributed by atoms with Crippen LogP contribution in [0.25, 0.3) is 0 Å². The molecular weight excluding hydrogens is 204 g/mol. The first kappa shape index (κ1) is 12.3. The lowest BCUT2D eigenvalue weighted by Gasteiger charge is -2.42. The molecule has 0 radical (unpaired) electrons. The van der Waals surface area contributed by atoms with Crippen molar-refractivity contribution in [3.05, 3.63) is 0 Å².